The molecule has 1 N–H and O–H groups in total. The summed E-state index contributed by atoms with van der Waals surface area (Å²) < 4.78 is 11.2. The number of aromatic hydroxyl groups is 1. The van der Waals surface area contributed by atoms with Crippen molar-refractivity contribution in [1.82, 2.24) is 0 Å². The predicted octanol–water partition coefficient (Wildman–Crippen LogP) is 3.36. The highest BCUT2D eigenvalue weighted by Gasteiger charge is 2.22. The quantitative estimate of drug-likeness (QED) is 0.871. The molecule has 2 rings (SSSR count). The topological polar surface area (TPSA) is 38.7 Å². The van der Waals surface area contributed by atoms with Gasteiger partial charge < -0.3 is 14.6 Å². The van der Waals surface area contributed by atoms with Crippen molar-refractivity contribution in [3.05, 3.63) is 18.2 Å². The minimum absolute atomic E-state index is 0.146. The van der Waals surface area contributed by atoms with Crippen LogP contribution in [0.5, 0.6) is 17.2 Å². The lowest BCUT2D eigenvalue weighted by Crippen LogP contribution is -2.22. The van der Waals surface area contributed by atoms with Crippen molar-refractivity contribution in [2.45, 2.75) is 39.2 Å². The van der Waals surface area contributed by atoms with Crippen molar-refractivity contribution in [3.8, 4) is 17.2 Å². The average Bonchev–Trinajstić information content (AvgIpc) is 2.97. The summed E-state index contributed by atoms with van der Waals surface area (Å²) in [5.41, 5.74) is -0.261. The van der Waals surface area contributed by atoms with Gasteiger partial charge >= 0.3 is 0 Å². The molecule has 94 valence electrons. The summed E-state index contributed by atoms with van der Waals surface area (Å²) in [7, 11) is 0. The Bertz CT molecular complexity index is 389. The molecule has 1 aliphatic carbocycles. The third-order valence-electron chi connectivity index (χ3n) is 2.53. The third-order valence-corrected chi connectivity index (χ3v) is 2.53. The van der Waals surface area contributed by atoms with E-state index in [2.05, 4.69) is 0 Å². The first kappa shape index (κ1) is 12.1. The van der Waals surface area contributed by atoms with Gasteiger partial charge in [-0.3, -0.25) is 0 Å². The Labute approximate surface area is 102 Å². The fourth-order valence-corrected chi connectivity index (χ4v) is 1.53. The molecule has 0 heterocycles. The molecule has 0 atom stereocenters. The number of phenols is 1. The molecule has 0 amide bonds. The molecule has 3 nitrogen and oxygen atoms in total. The van der Waals surface area contributed by atoms with Crippen LogP contribution >= 0.6 is 0 Å². The molecule has 0 aromatic heterocycles. The zero-order valence-corrected chi connectivity index (χ0v) is 10.7. The summed E-state index contributed by atoms with van der Waals surface area (Å²) >= 11 is 0. The van der Waals surface area contributed by atoms with Gasteiger partial charge in [-0.15, -0.1) is 0 Å². The van der Waals surface area contributed by atoms with E-state index < -0.39 is 0 Å². The first-order valence-electron chi connectivity index (χ1n) is 6.09. The predicted molar refractivity (Wildman–Crippen MR) is 66.7 cm³/mol. The lowest BCUT2D eigenvalue weighted by Gasteiger charge is -2.21. The number of phenolic OH excluding ortho intramolecular Hbond substituents is 1. The summed E-state index contributed by atoms with van der Waals surface area (Å²) in [5, 5.41) is 9.82. The summed E-state index contributed by atoms with van der Waals surface area (Å²) in [6.45, 7) is 6.62. The maximum Gasteiger partial charge on any atom is 0.161 e. The van der Waals surface area contributed by atoms with Crippen LogP contribution < -0.4 is 9.47 Å². The standard InChI is InChI=1S/C14H20O3/c1-14(2,3)17-11-6-7-13(12(15)8-11)16-9-10-4-5-10/h6-8,10,15H,4-5,9H2,1-3H3. The van der Waals surface area contributed by atoms with Crippen LogP contribution in [-0.2, 0) is 0 Å². The molecule has 17 heavy (non-hydrogen) atoms. The number of rotatable bonds is 4. The minimum atomic E-state index is -0.261. The van der Waals surface area contributed by atoms with Gasteiger partial charge in [0.05, 0.1) is 6.61 Å². The van der Waals surface area contributed by atoms with Crippen molar-refractivity contribution >= 4 is 0 Å². The second-order valence-corrected chi connectivity index (χ2v) is 5.60. The number of hydrogen-bond donors (Lipinski definition) is 1. The van der Waals surface area contributed by atoms with Gasteiger partial charge in [-0.1, -0.05) is 0 Å². The molecule has 0 aliphatic heterocycles. The second kappa shape index (κ2) is 4.47. The normalized spacial score (nSPS) is 15.7. The molecule has 0 spiro atoms. The summed E-state index contributed by atoms with van der Waals surface area (Å²) in [5.74, 6) is 2.03. The molecule has 1 aromatic rings. The Morgan fingerprint density at radius 1 is 1.29 bits per heavy atom. The highest BCUT2D eigenvalue weighted by Crippen LogP contribution is 2.34. The Morgan fingerprint density at radius 2 is 2.00 bits per heavy atom. The zero-order chi connectivity index (χ0) is 12.5. The van der Waals surface area contributed by atoms with E-state index in [1.165, 1.54) is 12.8 Å². The fraction of sp³-hybridized carbons (Fsp3) is 0.571. The lowest BCUT2D eigenvalue weighted by atomic mass is 10.2. The molecule has 0 unspecified atom stereocenters. The maximum absolute atomic E-state index is 9.82. The van der Waals surface area contributed by atoms with Crippen LogP contribution in [0.3, 0.4) is 0 Å². The van der Waals surface area contributed by atoms with Gasteiger partial charge in [0, 0.05) is 6.07 Å². The van der Waals surface area contributed by atoms with Crippen LogP contribution in [0.2, 0.25) is 0 Å². The number of benzene rings is 1. The van der Waals surface area contributed by atoms with Crippen LogP contribution in [0.15, 0.2) is 18.2 Å². The first-order valence-corrected chi connectivity index (χ1v) is 6.09. The first-order chi connectivity index (χ1) is 7.94. The minimum Gasteiger partial charge on any atom is -0.504 e. The molecule has 0 bridgehead atoms. The van der Waals surface area contributed by atoms with E-state index in [9.17, 15) is 5.11 Å². The molecule has 1 aliphatic rings. The smallest absolute Gasteiger partial charge is 0.161 e. The van der Waals surface area contributed by atoms with E-state index in [1.807, 2.05) is 26.8 Å². The fourth-order valence-electron chi connectivity index (χ4n) is 1.53. The van der Waals surface area contributed by atoms with Crippen molar-refractivity contribution in [1.29, 1.82) is 0 Å². The van der Waals surface area contributed by atoms with E-state index in [1.54, 1.807) is 12.1 Å². The molecular formula is C14H20O3. The third kappa shape index (κ3) is 3.84. The molecular weight excluding hydrogens is 216 g/mol. The van der Waals surface area contributed by atoms with E-state index in [-0.39, 0.29) is 11.4 Å². The van der Waals surface area contributed by atoms with Crippen LogP contribution in [0.4, 0.5) is 0 Å². The highest BCUT2D eigenvalue weighted by atomic mass is 16.5. The van der Waals surface area contributed by atoms with Gasteiger partial charge in [-0.25, -0.2) is 0 Å². The summed E-state index contributed by atoms with van der Waals surface area (Å²) in [6.07, 6.45) is 2.48. The van der Waals surface area contributed by atoms with Crippen molar-refractivity contribution < 1.29 is 14.6 Å². The molecule has 1 fully saturated rings. The van der Waals surface area contributed by atoms with Gasteiger partial charge in [0.2, 0.25) is 0 Å². The van der Waals surface area contributed by atoms with E-state index in [0.717, 1.165) is 0 Å². The van der Waals surface area contributed by atoms with Crippen LogP contribution in [-0.4, -0.2) is 17.3 Å². The van der Waals surface area contributed by atoms with Gasteiger partial charge in [0.1, 0.15) is 11.4 Å². The zero-order valence-electron chi connectivity index (χ0n) is 10.7. The highest BCUT2D eigenvalue weighted by molar-refractivity contribution is 5.44. The van der Waals surface area contributed by atoms with E-state index >= 15 is 0 Å². The van der Waals surface area contributed by atoms with Crippen LogP contribution in [0.25, 0.3) is 0 Å². The SMILES string of the molecule is CC(C)(C)Oc1ccc(OCC2CC2)c(O)c1. The molecule has 3 heteroatoms. The largest absolute Gasteiger partial charge is 0.504 e. The Kier molecular flexibility index (Phi) is 3.18. The van der Waals surface area contributed by atoms with Gasteiger partial charge in [0.15, 0.2) is 11.5 Å². The monoisotopic (exact) mass is 236 g/mol. The number of hydrogen-bond acceptors (Lipinski definition) is 3. The average molecular weight is 236 g/mol. The molecule has 1 saturated carbocycles. The maximum atomic E-state index is 9.82. The van der Waals surface area contributed by atoms with Gasteiger partial charge in [0.25, 0.3) is 0 Å². The Balaban J connectivity index is 1.99. The van der Waals surface area contributed by atoms with E-state index in [4.69, 9.17) is 9.47 Å². The summed E-state index contributed by atoms with van der Waals surface area (Å²) in [4.78, 5) is 0. The van der Waals surface area contributed by atoms with Gasteiger partial charge in [-0.05, 0) is 51.7 Å². The van der Waals surface area contributed by atoms with Crippen LogP contribution in [0.1, 0.15) is 33.6 Å². The molecule has 1 aromatic carbocycles. The Hall–Kier alpha value is -1.38. The molecule has 0 radical (unpaired) electrons. The Morgan fingerprint density at radius 3 is 2.53 bits per heavy atom. The van der Waals surface area contributed by atoms with Crippen LogP contribution in [0, 0.1) is 5.92 Å². The second-order valence-electron chi connectivity index (χ2n) is 5.60. The van der Waals surface area contributed by atoms with Crippen molar-refractivity contribution in [2.75, 3.05) is 6.61 Å². The van der Waals surface area contributed by atoms with Crippen molar-refractivity contribution in [2.24, 2.45) is 5.92 Å². The summed E-state index contributed by atoms with van der Waals surface area (Å²) in [6, 6.07) is 5.19. The lowest BCUT2D eigenvalue weighted by molar-refractivity contribution is 0.130. The van der Waals surface area contributed by atoms with Gasteiger partial charge in [-0.2, -0.15) is 0 Å². The molecule has 0 saturated heterocycles. The van der Waals surface area contributed by atoms with Crippen molar-refractivity contribution in [3.63, 3.8) is 0 Å². The van der Waals surface area contributed by atoms with E-state index in [0.29, 0.717) is 24.0 Å². The number of ether oxygens (including phenoxy) is 2.